The lowest BCUT2D eigenvalue weighted by molar-refractivity contribution is -0.136. The van der Waals surface area contributed by atoms with E-state index in [2.05, 4.69) is 33.9 Å². The first-order chi connectivity index (χ1) is 18.0. The summed E-state index contributed by atoms with van der Waals surface area (Å²) in [5.74, 6) is 1.23. The van der Waals surface area contributed by atoms with Gasteiger partial charge in [0.05, 0.1) is 11.0 Å². The number of halogens is 3. The van der Waals surface area contributed by atoms with E-state index in [-0.39, 0.29) is 16.3 Å². The van der Waals surface area contributed by atoms with Gasteiger partial charge in [0.2, 0.25) is 0 Å². The largest absolute Gasteiger partial charge is 0.418 e. The summed E-state index contributed by atoms with van der Waals surface area (Å²) in [6.07, 6.45) is 0.683. The van der Waals surface area contributed by atoms with Crippen molar-refractivity contribution >= 4 is 10.9 Å². The highest BCUT2D eigenvalue weighted by Gasteiger charge is 2.44. The highest BCUT2D eigenvalue weighted by molar-refractivity contribution is 5.84. The van der Waals surface area contributed by atoms with Gasteiger partial charge in [0.1, 0.15) is 17.7 Å². The predicted molar refractivity (Wildman–Crippen MR) is 140 cm³/mol. The molecule has 0 radical (unpaired) electrons. The van der Waals surface area contributed by atoms with Crippen molar-refractivity contribution in [2.75, 3.05) is 13.1 Å². The fourth-order valence-electron chi connectivity index (χ4n) is 5.68. The van der Waals surface area contributed by atoms with Gasteiger partial charge in [-0.3, -0.25) is 14.3 Å². The summed E-state index contributed by atoms with van der Waals surface area (Å²) in [6.45, 7) is 8.21. The summed E-state index contributed by atoms with van der Waals surface area (Å²) < 4.78 is 45.8. The van der Waals surface area contributed by atoms with Crippen LogP contribution in [-0.4, -0.2) is 42.3 Å². The zero-order chi connectivity index (χ0) is 27.2. The lowest BCUT2D eigenvalue weighted by Crippen LogP contribution is -2.38. The molecule has 0 amide bonds. The Morgan fingerprint density at radius 1 is 1.21 bits per heavy atom. The Balaban J connectivity index is 1.62. The van der Waals surface area contributed by atoms with E-state index in [9.17, 15) is 18.0 Å². The maximum absolute atomic E-state index is 14.3. The van der Waals surface area contributed by atoms with Gasteiger partial charge in [-0.2, -0.15) is 13.2 Å². The van der Waals surface area contributed by atoms with Gasteiger partial charge in [0.15, 0.2) is 0 Å². The molecule has 5 rings (SSSR count). The van der Waals surface area contributed by atoms with Crippen molar-refractivity contribution in [2.24, 2.45) is 13.0 Å². The molecular formula is C28H33F3N6O. The van der Waals surface area contributed by atoms with Crippen molar-refractivity contribution in [3.05, 3.63) is 75.9 Å². The topological polar surface area (TPSA) is 71.7 Å². The molecule has 10 heteroatoms. The van der Waals surface area contributed by atoms with Crippen LogP contribution >= 0.6 is 0 Å². The monoisotopic (exact) mass is 526 g/mol. The minimum absolute atomic E-state index is 0.0347. The number of aromatic nitrogens is 5. The quantitative estimate of drug-likeness (QED) is 0.333. The number of H-pyrrole nitrogens is 1. The molecule has 0 spiro atoms. The number of benzene rings is 1. The standard InChI is InChI=1S/C28H33F3N6O/c1-5-36(14-18(2)3)15-20-13-22-23(28(29,30)31)16-37(25(38)24(22)33-20)21-9-6-8-19(12-21)27(10-7-11-27)26-34-32-17-35(26)4/h6,8-9,12-13,16-18,33H,5,7,10-11,14-15H2,1-4H3. The van der Waals surface area contributed by atoms with Gasteiger partial charge in [-0.1, -0.05) is 39.3 Å². The van der Waals surface area contributed by atoms with Crippen LogP contribution < -0.4 is 5.56 Å². The molecule has 1 aromatic carbocycles. The molecule has 1 saturated carbocycles. The van der Waals surface area contributed by atoms with Crippen molar-refractivity contribution < 1.29 is 13.2 Å². The second kappa shape index (κ2) is 9.72. The average molecular weight is 527 g/mol. The molecule has 1 N–H and O–H groups in total. The van der Waals surface area contributed by atoms with Gasteiger partial charge in [-0.25, -0.2) is 0 Å². The summed E-state index contributed by atoms with van der Waals surface area (Å²) in [7, 11) is 1.89. The molecule has 38 heavy (non-hydrogen) atoms. The summed E-state index contributed by atoms with van der Waals surface area (Å²) in [5.41, 5.74) is 0.140. The number of nitrogens with one attached hydrogen (secondary N) is 1. The van der Waals surface area contributed by atoms with Crippen LogP contribution in [0.4, 0.5) is 13.2 Å². The number of aryl methyl sites for hydroxylation is 1. The molecule has 1 aliphatic rings. The molecule has 4 aromatic rings. The van der Waals surface area contributed by atoms with Crippen LogP contribution in [0.2, 0.25) is 0 Å². The molecule has 202 valence electrons. The van der Waals surface area contributed by atoms with Crippen LogP contribution in [0.25, 0.3) is 16.6 Å². The molecule has 0 atom stereocenters. The van der Waals surface area contributed by atoms with Crippen LogP contribution in [0.5, 0.6) is 0 Å². The van der Waals surface area contributed by atoms with Crippen molar-refractivity contribution in [3.8, 4) is 5.69 Å². The first kappa shape index (κ1) is 26.2. The van der Waals surface area contributed by atoms with Crippen LogP contribution in [0.15, 0.2) is 47.7 Å². The molecular weight excluding hydrogens is 493 g/mol. The van der Waals surface area contributed by atoms with Crippen LogP contribution in [0.1, 0.15) is 62.7 Å². The maximum atomic E-state index is 14.3. The van der Waals surface area contributed by atoms with Crippen LogP contribution in [0.3, 0.4) is 0 Å². The third kappa shape index (κ3) is 4.55. The highest BCUT2D eigenvalue weighted by Crippen LogP contribution is 2.48. The Kier molecular flexibility index (Phi) is 6.71. The zero-order valence-corrected chi connectivity index (χ0v) is 22.1. The maximum Gasteiger partial charge on any atom is 0.418 e. The van der Waals surface area contributed by atoms with Gasteiger partial charge < -0.3 is 9.55 Å². The minimum atomic E-state index is -4.62. The van der Waals surface area contributed by atoms with E-state index in [1.54, 1.807) is 18.5 Å². The van der Waals surface area contributed by atoms with E-state index in [4.69, 9.17) is 0 Å². The molecule has 0 saturated heterocycles. The number of rotatable bonds is 8. The Bertz CT molecular complexity index is 1510. The van der Waals surface area contributed by atoms with Gasteiger partial charge >= 0.3 is 6.18 Å². The summed E-state index contributed by atoms with van der Waals surface area (Å²) in [4.78, 5) is 18.8. The average Bonchev–Trinajstić information content (AvgIpc) is 3.44. The Morgan fingerprint density at radius 3 is 2.55 bits per heavy atom. The number of hydrogen-bond donors (Lipinski definition) is 1. The number of alkyl halides is 3. The number of nitrogens with zero attached hydrogens (tertiary/aromatic N) is 5. The fourth-order valence-corrected chi connectivity index (χ4v) is 5.68. The van der Waals surface area contributed by atoms with Gasteiger partial charge in [-0.05, 0) is 49.1 Å². The van der Waals surface area contributed by atoms with Gasteiger partial charge in [0, 0.05) is 43.1 Å². The molecule has 3 aromatic heterocycles. The molecule has 1 fully saturated rings. The Morgan fingerprint density at radius 2 is 1.97 bits per heavy atom. The lowest BCUT2D eigenvalue weighted by atomic mass is 9.63. The summed E-state index contributed by atoms with van der Waals surface area (Å²) in [6, 6.07) is 8.70. The van der Waals surface area contributed by atoms with Crippen molar-refractivity contribution in [1.29, 1.82) is 0 Å². The third-order valence-electron chi connectivity index (χ3n) is 7.65. The molecule has 7 nitrogen and oxygen atoms in total. The Hall–Kier alpha value is -3.40. The molecule has 0 aliphatic heterocycles. The van der Waals surface area contributed by atoms with E-state index in [1.165, 1.54) is 6.07 Å². The molecule has 0 bridgehead atoms. The summed E-state index contributed by atoms with van der Waals surface area (Å²) in [5, 5.41) is 8.27. The predicted octanol–water partition coefficient (Wildman–Crippen LogP) is 5.41. The van der Waals surface area contributed by atoms with Crippen molar-refractivity contribution in [2.45, 2.75) is 58.2 Å². The van der Waals surface area contributed by atoms with E-state index in [0.717, 1.165) is 54.5 Å². The van der Waals surface area contributed by atoms with E-state index in [0.29, 0.717) is 23.8 Å². The third-order valence-corrected chi connectivity index (χ3v) is 7.65. The smallest absolute Gasteiger partial charge is 0.353 e. The summed E-state index contributed by atoms with van der Waals surface area (Å²) >= 11 is 0. The number of hydrogen-bond acceptors (Lipinski definition) is 4. The zero-order valence-electron chi connectivity index (χ0n) is 22.1. The Labute approximate surface area is 219 Å². The van der Waals surface area contributed by atoms with Crippen LogP contribution in [-0.2, 0) is 25.2 Å². The SMILES string of the molecule is CCN(Cc1cc2c(C(F)(F)F)cn(-c3cccc(C4(c5nncn5C)CCC4)c3)c(=O)c2[nH]1)CC(C)C. The minimum Gasteiger partial charge on any atom is -0.353 e. The van der Waals surface area contributed by atoms with E-state index >= 15 is 0 Å². The van der Waals surface area contributed by atoms with Crippen LogP contribution in [0, 0.1) is 5.92 Å². The number of aromatic amines is 1. The molecule has 3 heterocycles. The van der Waals surface area contributed by atoms with Crippen molar-refractivity contribution in [1.82, 2.24) is 29.2 Å². The highest BCUT2D eigenvalue weighted by atomic mass is 19.4. The first-order valence-electron chi connectivity index (χ1n) is 13.1. The number of fused-ring (bicyclic) bond motifs is 1. The first-order valence-corrected chi connectivity index (χ1v) is 13.1. The van der Waals surface area contributed by atoms with Gasteiger partial charge in [0.25, 0.3) is 5.56 Å². The van der Waals surface area contributed by atoms with E-state index in [1.807, 2.05) is 30.7 Å². The number of pyridine rings is 1. The molecule has 1 aliphatic carbocycles. The molecule has 0 unspecified atom stereocenters. The van der Waals surface area contributed by atoms with Gasteiger partial charge in [-0.15, -0.1) is 10.2 Å². The fraction of sp³-hybridized carbons (Fsp3) is 0.464. The second-order valence-corrected chi connectivity index (χ2v) is 10.8. The normalized spacial score (nSPS) is 15.5. The lowest BCUT2D eigenvalue weighted by Gasteiger charge is -2.41. The van der Waals surface area contributed by atoms with Crippen molar-refractivity contribution in [3.63, 3.8) is 0 Å². The van der Waals surface area contributed by atoms with E-state index < -0.39 is 17.3 Å². The second-order valence-electron chi connectivity index (χ2n) is 10.8.